The monoisotopic (exact) mass is 352 g/mol. The van der Waals surface area contributed by atoms with Gasteiger partial charge in [-0.15, -0.1) is 0 Å². The van der Waals surface area contributed by atoms with Gasteiger partial charge in [-0.2, -0.15) is 5.10 Å². The minimum absolute atomic E-state index is 0.481. The van der Waals surface area contributed by atoms with Gasteiger partial charge in [0.25, 0.3) is 0 Å². The zero-order chi connectivity index (χ0) is 18.6. The van der Waals surface area contributed by atoms with Crippen LogP contribution in [-0.2, 0) is 0 Å². The lowest BCUT2D eigenvalue weighted by Gasteiger charge is -2.09. The number of fused-ring (bicyclic) bond motifs is 1. The molecule has 27 heavy (non-hydrogen) atoms. The molecule has 0 aliphatic rings. The molecule has 3 aromatic carbocycles. The molecular weight excluding hydrogens is 332 g/mol. The van der Waals surface area contributed by atoms with E-state index in [1.165, 1.54) is 11.1 Å². The summed E-state index contributed by atoms with van der Waals surface area (Å²) in [6.07, 6.45) is 1.78. The number of aryl methyl sites for hydroxylation is 2. The van der Waals surface area contributed by atoms with Crippen molar-refractivity contribution in [1.82, 2.24) is 9.97 Å². The van der Waals surface area contributed by atoms with Crippen LogP contribution in [0, 0.1) is 13.8 Å². The van der Waals surface area contributed by atoms with Crippen LogP contribution >= 0.6 is 0 Å². The van der Waals surface area contributed by atoms with E-state index in [2.05, 4.69) is 65.8 Å². The Bertz CT molecular complexity index is 1120. The average molecular weight is 352 g/mol. The summed E-state index contributed by atoms with van der Waals surface area (Å²) in [6, 6.07) is 24.5. The van der Waals surface area contributed by atoms with E-state index in [9.17, 15) is 0 Å². The van der Waals surface area contributed by atoms with E-state index < -0.39 is 0 Å². The lowest BCUT2D eigenvalue weighted by atomic mass is 10.0. The van der Waals surface area contributed by atoms with Crippen LogP contribution in [0.1, 0.15) is 16.7 Å². The Morgan fingerprint density at radius 3 is 2.44 bits per heavy atom. The van der Waals surface area contributed by atoms with Gasteiger partial charge in [0.15, 0.2) is 0 Å². The summed E-state index contributed by atoms with van der Waals surface area (Å²) < 4.78 is 0. The van der Waals surface area contributed by atoms with E-state index >= 15 is 0 Å². The van der Waals surface area contributed by atoms with Gasteiger partial charge >= 0.3 is 0 Å². The van der Waals surface area contributed by atoms with Crippen LogP contribution in [0.2, 0.25) is 0 Å². The molecule has 1 aromatic heterocycles. The molecule has 0 unspecified atom stereocenters. The van der Waals surface area contributed by atoms with Gasteiger partial charge in [0.05, 0.1) is 17.4 Å². The molecule has 1 heterocycles. The van der Waals surface area contributed by atoms with E-state index in [0.29, 0.717) is 5.95 Å². The molecular formula is C23H20N4. The molecule has 0 saturated heterocycles. The summed E-state index contributed by atoms with van der Waals surface area (Å²) in [4.78, 5) is 9.34. The molecule has 132 valence electrons. The van der Waals surface area contributed by atoms with Crippen molar-refractivity contribution in [2.45, 2.75) is 13.8 Å². The first kappa shape index (κ1) is 16.9. The lowest BCUT2D eigenvalue weighted by molar-refractivity contribution is 1.15. The second kappa shape index (κ2) is 7.38. The van der Waals surface area contributed by atoms with Crippen molar-refractivity contribution in [1.29, 1.82) is 0 Å². The Kier molecular flexibility index (Phi) is 4.62. The van der Waals surface area contributed by atoms with E-state index in [4.69, 9.17) is 4.98 Å². The maximum absolute atomic E-state index is 4.73. The van der Waals surface area contributed by atoms with Gasteiger partial charge in [-0.05, 0) is 31.5 Å². The molecule has 4 nitrogen and oxygen atoms in total. The topological polar surface area (TPSA) is 50.2 Å². The number of hydrazone groups is 1. The van der Waals surface area contributed by atoms with E-state index in [1.807, 2.05) is 36.4 Å². The highest BCUT2D eigenvalue weighted by Crippen LogP contribution is 2.28. The maximum atomic E-state index is 4.73. The molecule has 0 bridgehead atoms. The first-order chi connectivity index (χ1) is 13.2. The maximum Gasteiger partial charge on any atom is 0.244 e. The molecule has 4 aromatic rings. The SMILES string of the molecule is Cc1cccc(/C=N/Nc2nc(-c3ccccc3)c3cc(C)ccc3n2)c1. The minimum Gasteiger partial charge on any atom is -0.245 e. The largest absolute Gasteiger partial charge is 0.245 e. The molecule has 0 aliphatic heterocycles. The lowest BCUT2D eigenvalue weighted by Crippen LogP contribution is -2.00. The predicted molar refractivity (Wildman–Crippen MR) is 112 cm³/mol. The fourth-order valence-corrected chi connectivity index (χ4v) is 3.02. The number of nitrogens with zero attached hydrogens (tertiary/aromatic N) is 3. The summed E-state index contributed by atoms with van der Waals surface area (Å²) in [6.45, 7) is 4.14. The first-order valence-corrected chi connectivity index (χ1v) is 8.88. The van der Waals surface area contributed by atoms with Crippen LogP contribution in [0.25, 0.3) is 22.2 Å². The van der Waals surface area contributed by atoms with Crippen LogP contribution in [0.4, 0.5) is 5.95 Å². The van der Waals surface area contributed by atoms with Crippen LogP contribution in [0.5, 0.6) is 0 Å². The van der Waals surface area contributed by atoms with Gasteiger partial charge in [0.1, 0.15) is 0 Å². The molecule has 0 saturated carbocycles. The number of hydrogen-bond donors (Lipinski definition) is 1. The molecule has 4 heteroatoms. The van der Waals surface area contributed by atoms with E-state index in [1.54, 1.807) is 6.21 Å². The summed E-state index contributed by atoms with van der Waals surface area (Å²) >= 11 is 0. The van der Waals surface area contributed by atoms with Gasteiger partial charge in [-0.25, -0.2) is 15.4 Å². The molecule has 0 amide bonds. The van der Waals surface area contributed by atoms with Crippen molar-refractivity contribution < 1.29 is 0 Å². The molecule has 0 atom stereocenters. The Morgan fingerprint density at radius 1 is 0.815 bits per heavy atom. The Morgan fingerprint density at radius 2 is 1.63 bits per heavy atom. The van der Waals surface area contributed by atoms with Crippen molar-refractivity contribution in [2.75, 3.05) is 5.43 Å². The van der Waals surface area contributed by atoms with Gasteiger partial charge in [0.2, 0.25) is 5.95 Å². The summed E-state index contributed by atoms with van der Waals surface area (Å²) in [5.41, 5.74) is 9.23. The fourth-order valence-electron chi connectivity index (χ4n) is 3.02. The minimum atomic E-state index is 0.481. The fraction of sp³-hybridized carbons (Fsp3) is 0.0870. The summed E-state index contributed by atoms with van der Waals surface area (Å²) in [5.74, 6) is 0.481. The smallest absolute Gasteiger partial charge is 0.244 e. The van der Waals surface area contributed by atoms with Gasteiger partial charge in [-0.1, -0.05) is 71.8 Å². The van der Waals surface area contributed by atoms with E-state index in [-0.39, 0.29) is 0 Å². The summed E-state index contributed by atoms with van der Waals surface area (Å²) in [7, 11) is 0. The van der Waals surface area contributed by atoms with Crippen molar-refractivity contribution in [2.24, 2.45) is 5.10 Å². The van der Waals surface area contributed by atoms with Crippen molar-refractivity contribution >= 4 is 23.1 Å². The van der Waals surface area contributed by atoms with Crippen LogP contribution < -0.4 is 5.43 Å². The second-order valence-electron chi connectivity index (χ2n) is 6.57. The third-order valence-electron chi connectivity index (χ3n) is 4.32. The average Bonchev–Trinajstić information content (AvgIpc) is 2.68. The molecule has 0 radical (unpaired) electrons. The number of aromatic nitrogens is 2. The Hall–Kier alpha value is -3.53. The molecule has 4 rings (SSSR count). The third kappa shape index (κ3) is 3.85. The second-order valence-corrected chi connectivity index (χ2v) is 6.57. The van der Waals surface area contributed by atoms with Gasteiger partial charge < -0.3 is 0 Å². The number of hydrogen-bond acceptors (Lipinski definition) is 4. The highest BCUT2D eigenvalue weighted by Gasteiger charge is 2.09. The Labute approximate surface area is 158 Å². The van der Waals surface area contributed by atoms with Crippen molar-refractivity contribution in [3.63, 3.8) is 0 Å². The standard InChI is InChI=1S/C23H20N4/c1-16-7-6-8-18(13-16)15-24-27-23-25-21-12-11-17(2)14-20(21)22(26-23)19-9-4-3-5-10-19/h3-15H,1-2H3,(H,25,26,27)/b24-15+. The van der Waals surface area contributed by atoms with Gasteiger partial charge in [-0.3, -0.25) is 0 Å². The number of nitrogens with one attached hydrogen (secondary N) is 1. The van der Waals surface area contributed by atoms with Crippen LogP contribution in [-0.4, -0.2) is 16.2 Å². The van der Waals surface area contributed by atoms with Crippen LogP contribution in [0.3, 0.4) is 0 Å². The Balaban J connectivity index is 1.72. The van der Waals surface area contributed by atoms with Gasteiger partial charge in [0, 0.05) is 10.9 Å². The zero-order valence-electron chi connectivity index (χ0n) is 15.3. The molecule has 0 aliphatic carbocycles. The molecule has 0 spiro atoms. The molecule has 0 fully saturated rings. The number of benzene rings is 3. The quantitative estimate of drug-likeness (QED) is 0.397. The predicted octanol–water partition coefficient (Wildman–Crippen LogP) is 5.36. The van der Waals surface area contributed by atoms with E-state index in [0.717, 1.165) is 27.7 Å². The highest BCUT2D eigenvalue weighted by molar-refractivity contribution is 5.93. The zero-order valence-corrected chi connectivity index (χ0v) is 15.3. The molecule has 1 N–H and O–H groups in total. The first-order valence-electron chi connectivity index (χ1n) is 8.88. The third-order valence-corrected chi connectivity index (χ3v) is 4.32. The highest BCUT2D eigenvalue weighted by atomic mass is 15.3. The number of rotatable bonds is 4. The normalized spacial score (nSPS) is 11.2. The van der Waals surface area contributed by atoms with Crippen molar-refractivity contribution in [3.05, 3.63) is 89.5 Å². The number of anilines is 1. The summed E-state index contributed by atoms with van der Waals surface area (Å²) in [5, 5.41) is 5.35. The van der Waals surface area contributed by atoms with Crippen LogP contribution in [0.15, 0.2) is 77.9 Å². The van der Waals surface area contributed by atoms with Crippen molar-refractivity contribution in [3.8, 4) is 11.3 Å².